The van der Waals surface area contributed by atoms with Crippen molar-refractivity contribution < 1.29 is 18.0 Å². The van der Waals surface area contributed by atoms with Gasteiger partial charge in [-0.25, -0.2) is 9.97 Å². The van der Waals surface area contributed by atoms with Gasteiger partial charge < -0.3 is 16.4 Å². The molecular formula is C19H18ClF3N6O. The number of aromatic nitrogens is 3. The Hall–Kier alpha value is -2.98. The van der Waals surface area contributed by atoms with Gasteiger partial charge in [0.2, 0.25) is 0 Å². The van der Waals surface area contributed by atoms with E-state index in [-0.39, 0.29) is 27.4 Å². The molecule has 1 atom stereocenters. The molecule has 0 spiro atoms. The molecule has 7 nitrogen and oxygen atoms in total. The van der Waals surface area contributed by atoms with Gasteiger partial charge in [0.05, 0.1) is 22.2 Å². The molecule has 4 N–H and O–H groups in total. The fourth-order valence-corrected chi connectivity index (χ4v) is 3.18. The Balaban J connectivity index is 2.05. The summed E-state index contributed by atoms with van der Waals surface area (Å²) in [6, 6.07) is 4.57. The van der Waals surface area contributed by atoms with Crippen molar-refractivity contribution in [2.24, 2.45) is 5.73 Å². The molecule has 1 amide bonds. The molecule has 1 aromatic carbocycles. The molecule has 0 aliphatic rings. The molecular weight excluding hydrogens is 421 g/mol. The number of halogens is 4. The van der Waals surface area contributed by atoms with Crippen LogP contribution in [0.4, 0.5) is 19.0 Å². The lowest BCUT2D eigenvalue weighted by atomic mass is 10.0. The topological polar surface area (TPSA) is 106 Å². The van der Waals surface area contributed by atoms with E-state index in [0.717, 1.165) is 6.07 Å². The van der Waals surface area contributed by atoms with Crippen LogP contribution < -0.4 is 16.4 Å². The lowest BCUT2D eigenvalue weighted by Crippen LogP contribution is -2.27. The number of nitrogens with one attached hydrogen (secondary N) is 2. The summed E-state index contributed by atoms with van der Waals surface area (Å²) >= 11 is 5.74. The second kappa shape index (κ2) is 8.80. The Morgan fingerprint density at radius 2 is 1.97 bits per heavy atom. The molecule has 3 rings (SSSR count). The van der Waals surface area contributed by atoms with Crippen LogP contribution in [0.1, 0.15) is 34.5 Å². The summed E-state index contributed by atoms with van der Waals surface area (Å²) in [5.74, 6) is -0.418. The number of pyridine rings is 1. The molecule has 2 aromatic heterocycles. The average Bonchev–Trinajstić information content (AvgIpc) is 2.70. The van der Waals surface area contributed by atoms with E-state index in [1.165, 1.54) is 30.7 Å². The molecule has 1 unspecified atom stereocenters. The number of carbonyl (C=O) groups is 1. The van der Waals surface area contributed by atoms with E-state index >= 15 is 0 Å². The maximum Gasteiger partial charge on any atom is 0.417 e. The highest BCUT2D eigenvalue weighted by Gasteiger charge is 2.34. The molecule has 0 bridgehead atoms. The van der Waals surface area contributed by atoms with Gasteiger partial charge in [-0.2, -0.15) is 13.2 Å². The predicted octanol–water partition coefficient (Wildman–Crippen LogP) is 3.56. The molecule has 11 heteroatoms. The number of nitrogens with zero attached hydrogens (tertiary/aromatic N) is 3. The van der Waals surface area contributed by atoms with Crippen LogP contribution in [0.3, 0.4) is 0 Å². The number of alkyl halides is 3. The van der Waals surface area contributed by atoms with Crippen molar-refractivity contribution >= 4 is 34.4 Å². The number of hydrogen-bond acceptors (Lipinski definition) is 6. The minimum atomic E-state index is -4.59. The van der Waals surface area contributed by atoms with Crippen molar-refractivity contribution in [2.75, 3.05) is 18.4 Å². The quantitative estimate of drug-likeness (QED) is 0.521. The second-order valence-corrected chi connectivity index (χ2v) is 6.79. The first kappa shape index (κ1) is 21.7. The van der Waals surface area contributed by atoms with Gasteiger partial charge in [0.15, 0.2) is 5.82 Å². The van der Waals surface area contributed by atoms with Gasteiger partial charge in [-0.05, 0) is 30.3 Å². The van der Waals surface area contributed by atoms with Crippen LogP contribution in [0.25, 0.3) is 11.0 Å². The average molecular weight is 439 g/mol. The van der Waals surface area contributed by atoms with E-state index in [4.69, 9.17) is 17.3 Å². The zero-order valence-electron chi connectivity index (χ0n) is 15.8. The van der Waals surface area contributed by atoms with Gasteiger partial charge in [0.25, 0.3) is 5.91 Å². The Labute approximate surface area is 174 Å². The lowest BCUT2D eigenvalue weighted by Gasteiger charge is -2.22. The Morgan fingerprint density at radius 3 is 2.63 bits per heavy atom. The zero-order chi connectivity index (χ0) is 21.9. The number of likely N-dealkylation sites (N-methyl/N-ethyl adjacent to an activating group) is 1. The number of amides is 1. The summed E-state index contributed by atoms with van der Waals surface area (Å²) in [5.41, 5.74) is 5.50. The summed E-state index contributed by atoms with van der Waals surface area (Å²) < 4.78 is 39.9. The highest BCUT2D eigenvalue weighted by atomic mass is 35.5. The third-order valence-corrected chi connectivity index (χ3v) is 4.72. The molecule has 0 aliphatic carbocycles. The molecule has 0 radical (unpaired) electrons. The summed E-state index contributed by atoms with van der Waals surface area (Å²) in [6.07, 6.45) is -1.97. The zero-order valence-corrected chi connectivity index (χ0v) is 16.6. The number of benzene rings is 1. The number of primary amides is 1. The number of fused-ring (bicyclic) bond motifs is 1. The van der Waals surface area contributed by atoms with Gasteiger partial charge in [-0.3, -0.25) is 9.78 Å². The smallest absolute Gasteiger partial charge is 0.366 e. The van der Waals surface area contributed by atoms with Crippen LogP contribution in [-0.4, -0.2) is 33.9 Å². The molecule has 2 heterocycles. The van der Waals surface area contributed by atoms with Crippen molar-refractivity contribution in [3.63, 3.8) is 0 Å². The van der Waals surface area contributed by atoms with E-state index < -0.39 is 23.7 Å². The standard InChI is InChI=1S/C19H18ClF3N6O/c1-2-25-8-14(10-3-4-13(20)12(7-10)19(21,22)23)29-18-16-15(27-9-28-18)11(17(24)30)5-6-26-16/h3-7,9,14,25H,2,8H2,1H3,(H2,24,30)(H,27,28,29). The van der Waals surface area contributed by atoms with Crippen LogP contribution in [0, 0.1) is 0 Å². The summed E-state index contributed by atoms with van der Waals surface area (Å²) in [6.45, 7) is 2.78. The van der Waals surface area contributed by atoms with E-state index in [2.05, 4.69) is 25.6 Å². The van der Waals surface area contributed by atoms with Gasteiger partial charge in [0.1, 0.15) is 17.4 Å². The summed E-state index contributed by atoms with van der Waals surface area (Å²) in [7, 11) is 0. The predicted molar refractivity (Wildman–Crippen MR) is 107 cm³/mol. The van der Waals surface area contributed by atoms with E-state index in [9.17, 15) is 18.0 Å². The molecule has 3 aromatic rings. The Kier molecular flexibility index (Phi) is 6.37. The minimum absolute atomic E-state index is 0.166. The lowest BCUT2D eigenvalue weighted by molar-refractivity contribution is -0.137. The fourth-order valence-electron chi connectivity index (χ4n) is 2.95. The summed E-state index contributed by atoms with van der Waals surface area (Å²) in [4.78, 5) is 24.1. The van der Waals surface area contributed by atoms with Crippen LogP contribution in [0.5, 0.6) is 0 Å². The normalized spacial score (nSPS) is 12.7. The van der Waals surface area contributed by atoms with Crippen molar-refractivity contribution in [2.45, 2.75) is 19.1 Å². The first-order valence-corrected chi connectivity index (χ1v) is 9.33. The number of hydrogen-bond donors (Lipinski definition) is 3. The van der Waals surface area contributed by atoms with Gasteiger partial charge in [-0.1, -0.05) is 24.6 Å². The molecule has 30 heavy (non-hydrogen) atoms. The third-order valence-electron chi connectivity index (χ3n) is 4.40. The van der Waals surface area contributed by atoms with Gasteiger partial charge in [0, 0.05) is 12.7 Å². The molecule has 0 saturated carbocycles. The van der Waals surface area contributed by atoms with Gasteiger partial charge >= 0.3 is 6.18 Å². The number of rotatable bonds is 7. The number of carbonyl (C=O) groups excluding carboxylic acids is 1. The highest BCUT2D eigenvalue weighted by Crippen LogP contribution is 2.36. The molecule has 158 valence electrons. The third kappa shape index (κ3) is 4.60. The highest BCUT2D eigenvalue weighted by molar-refractivity contribution is 6.31. The van der Waals surface area contributed by atoms with E-state index in [0.29, 0.717) is 18.7 Å². The first-order chi connectivity index (χ1) is 14.2. The van der Waals surface area contributed by atoms with Crippen LogP contribution in [0.15, 0.2) is 36.8 Å². The fraction of sp³-hybridized carbons (Fsp3) is 0.263. The van der Waals surface area contributed by atoms with E-state index in [1.807, 2.05) is 6.92 Å². The SMILES string of the molecule is CCNCC(Nc1ncnc2c(C(N)=O)ccnc12)c1ccc(Cl)c(C(F)(F)F)c1. The van der Waals surface area contributed by atoms with Crippen molar-refractivity contribution in [3.8, 4) is 0 Å². The molecule has 0 aliphatic heterocycles. The Bertz CT molecular complexity index is 1080. The van der Waals surface area contributed by atoms with Crippen LogP contribution in [-0.2, 0) is 6.18 Å². The van der Waals surface area contributed by atoms with Crippen molar-refractivity contribution in [1.82, 2.24) is 20.3 Å². The van der Waals surface area contributed by atoms with Crippen molar-refractivity contribution in [1.29, 1.82) is 0 Å². The largest absolute Gasteiger partial charge is 0.417 e. The maximum atomic E-state index is 13.3. The first-order valence-electron chi connectivity index (χ1n) is 8.95. The molecule has 0 saturated heterocycles. The number of anilines is 1. The second-order valence-electron chi connectivity index (χ2n) is 6.38. The van der Waals surface area contributed by atoms with E-state index in [1.54, 1.807) is 0 Å². The monoisotopic (exact) mass is 438 g/mol. The molecule has 0 fully saturated rings. The van der Waals surface area contributed by atoms with Crippen LogP contribution >= 0.6 is 11.6 Å². The minimum Gasteiger partial charge on any atom is -0.366 e. The number of nitrogens with two attached hydrogens (primary N) is 1. The van der Waals surface area contributed by atoms with Crippen molar-refractivity contribution in [3.05, 3.63) is 58.5 Å². The maximum absolute atomic E-state index is 13.3. The Morgan fingerprint density at radius 1 is 1.20 bits per heavy atom. The van der Waals surface area contributed by atoms with Gasteiger partial charge in [-0.15, -0.1) is 0 Å². The summed E-state index contributed by atoms with van der Waals surface area (Å²) in [5, 5.41) is 5.82. The van der Waals surface area contributed by atoms with Crippen LogP contribution in [0.2, 0.25) is 5.02 Å².